The van der Waals surface area contributed by atoms with Crippen LogP contribution in [0, 0.1) is 0 Å². The Balaban J connectivity index is 2.74. The van der Waals surface area contributed by atoms with Gasteiger partial charge in [0.15, 0.2) is 15.2 Å². The summed E-state index contributed by atoms with van der Waals surface area (Å²) < 4.78 is 21.3. The Morgan fingerprint density at radius 3 is 2.20 bits per heavy atom. The molecule has 0 radical (unpaired) electrons. The molecule has 0 aromatic carbocycles. The summed E-state index contributed by atoms with van der Waals surface area (Å²) in [6.45, 7) is 0. The van der Waals surface area contributed by atoms with Crippen LogP contribution in [0.4, 0.5) is 0 Å². The van der Waals surface area contributed by atoms with Gasteiger partial charge in [-0.25, -0.2) is 8.42 Å². The van der Waals surface area contributed by atoms with E-state index in [4.69, 9.17) is 5.73 Å². The largest absolute Gasteiger partial charge is 0.336 e. The second-order valence-electron chi connectivity index (χ2n) is 2.28. The number of nitrogens with one attached hydrogen (secondary N) is 1. The Kier molecular flexibility index (Phi) is 1.44. The zero-order chi connectivity index (χ0) is 7.94. The molecular formula is C4H8N2O3S. The van der Waals surface area contributed by atoms with E-state index in [9.17, 15) is 13.2 Å². The van der Waals surface area contributed by atoms with Gasteiger partial charge in [-0.2, -0.15) is 0 Å². The van der Waals surface area contributed by atoms with Crippen molar-refractivity contribution in [3.8, 4) is 0 Å². The summed E-state index contributed by atoms with van der Waals surface area (Å²) in [7, 11) is -3.21. The summed E-state index contributed by atoms with van der Waals surface area (Å²) in [6.07, 6.45) is 1.04. The minimum Gasteiger partial charge on any atom is -0.336 e. The van der Waals surface area contributed by atoms with E-state index in [1.807, 2.05) is 0 Å². The van der Waals surface area contributed by atoms with Crippen LogP contribution >= 0.6 is 0 Å². The lowest BCUT2D eigenvalue weighted by Gasteiger charge is -2.31. The SMILES string of the molecule is CS(=O)(=O)[C@H]1NC(=O)[C@H]1N. The van der Waals surface area contributed by atoms with Gasteiger partial charge in [0, 0.05) is 6.26 Å². The average Bonchev–Trinajstić information content (AvgIpc) is 1.79. The summed E-state index contributed by atoms with van der Waals surface area (Å²) in [6, 6.07) is -0.880. The van der Waals surface area contributed by atoms with Crippen LogP contribution in [0.1, 0.15) is 0 Å². The third kappa shape index (κ3) is 0.994. The lowest BCUT2D eigenvalue weighted by molar-refractivity contribution is -0.128. The second kappa shape index (κ2) is 1.93. The van der Waals surface area contributed by atoms with Gasteiger partial charge in [0.2, 0.25) is 5.91 Å². The van der Waals surface area contributed by atoms with Crippen molar-refractivity contribution in [3.63, 3.8) is 0 Å². The molecule has 10 heavy (non-hydrogen) atoms. The minimum absolute atomic E-state index is 0.407. The quantitative estimate of drug-likeness (QED) is 0.431. The van der Waals surface area contributed by atoms with Crippen LogP contribution in [0.5, 0.6) is 0 Å². The van der Waals surface area contributed by atoms with Crippen molar-refractivity contribution in [2.45, 2.75) is 11.4 Å². The van der Waals surface area contributed by atoms with Crippen molar-refractivity contribution in [2.75, 3.05) is 6.26 Å². The highest BCUT2D eigenvalue weighted by atomic mass is 32.2. The fourth-order valence-corrected chi connectivity index (χ4v) is 1.73. The zero-order valence-corrected chi connectivity index (χ0v) is 6.18. The van der Waals surface area contributed by atoms with Crippen LogP contribution in [-0.4, -0.2) is 32.0 Å². The number of amides is 1. The Morgan fingerprint density at radius 2 is 2.10 bits per heavy atom. The van der Waals surface area contributed by atoms with Gasteiger partial charge < -0.3 is 11.1 Å². The van der Waals surface area contributed by atoms with E-state index >= 15 is 0 Å². The van der Waals surface area contributed by atoms with Crippen LogP contribution < -0.4 is 11.1 Å². The normalized spacial score (nSPS) is 32.8. The van der Waals surface area contributed by atoms with Crippen LogP contribution in [0.3, 0.4) is 0 Å². The number of carbonyl (C=O) groups is 1. The van der Waals surface area contributed by atoms with E-state index in [1.165, 1.54) is 0 Å². The summed E-state index contributed by atoms with van der Waals surface area (Å²) in [4.78, 5) is 10.4. The van der Waals surface area contributed by atoms with E-state index in [1.54, 1.807) is 0 Å². The molecule has 0 aliphatic carbocycles. The number of hydrogen-bond acceptors (Lipinski definition) is 4. The molecule has 3 N–H and O–H groups in total. The van der Waals surface area contributed by atoms with Gasteiger partial charge in [-0.3, -0.25) is 4.79 Å². The van der Waals surface area contributed by atoms with E-state index in [-0.39, 0.29) is 0 Å². The third-order valence-electron chi connectivity index (χ3n) is 1.37. The van der Waals surface area contributed by atoms with E-state index in [0.717, 1.165) is 6.26 Å². The van der Waals surface area contributed by atoms with Crippen molar-refractivity contribution in [1.29, 1.82) is 0 Å². The Morgan fingerprint density at radius 1 is 1.60 bits per heavy atom. The molecule has 1 aliphatic rings. The highest BCUT2D eigenvalue weighted by Crippen LogP contribution is 2.08. The van der Waals surface area contributed by atoms with E-state index in [0.29, 0.717) is 0 Å². The van der Waals surface area contributed by atoms with E-state index < -0.39 is 27.2 Å². The molecule has 0 bridgehead atoms. The molecule has 1 saturated heterocycles. The van der Waals surface area contributed by atoms with Crippen molar-refractivity contribution in [3.05, 3.63) is 0 Å². The molecule has 2 atom stereocenters. The molecule has 0 spiro atoms. The van der Waals surface area contributed by atoms with Crippen LogP contribution in [0.2, 0.25) is 0 Å². The lowest BCUT2D eigenvalue weighted by atomic mass is 10.2. The van der Waals surface area contributed by atoms with Gasteiger partial charge in [0.05, 0.1) is 0 Å². The summed E-state index contributed by atoms with van der Waals surface area (Å²) in [5.41, 5.74) is 5.16. The average molecular weight is 164 g/mol. The number of hydrogen-bond donors (Lipinski definition) is 2. The molecule has 58 valence electrons. The third-order valence-corrected chi connectivity index (χ3v) is 2.71. The molecule has 1 aliphatic heterocycles. The first-order valence-electron chi connectivity index (χ1n) is 2.68. The second-order valence-corrected chi connectivity index (χ2v) is 4.45. The van der Waals surface area contributed by atoms with Crippen molar-refractivity contribution in [1.82, 2.24) is 5.32 Å². The van der Waals surface area contributed by atoms with Crippen molar-refractivity contribution in [2.24, 2.45) is 5.73 Å². The van der Waals surface area contributed by atoms with Crippen LogP contribution in [0.25, 0.3) is 0 Å². The Bertz CT molecular complexity index is 258. The maximum Gasteiger partial charge on any atom is 0.241 e. The van der Waals surface area contributed by atoms with Crippen molar-refractivity contribution >= 4 is 15.7 Å². The fraction of sp³-hybridized carbons (Fsp3) is 0.750. The predicted molar refractivity (Wildman–Crippen MR) is 34.7 cm³/mol. The Labute approximate surface area is 58.5 Å². The van der Waals surface area contributed by atoms with E-state index in [2.05, 4.69) is 5.32 Å². The molecule has 5 nitrogen and oxygen atoms in total. The highest BCUT2D eigenvalue weighted by molar-refractivity contribution is 7.91. The molecule has 1 amide bonds. The highest BCUT2D eigenvalue weighted by Gasteiger charge is 2.42. The zero-order valence-electron chi connectivity index (χ0n) is 5.37. The predicted octanol–water partition coefficient (Wildman–Crippen LogP) is -2.19. The molecule has 0 aromatic rings. The van der Waals surface area contributed by atoms with Gasteiger partial charge in [0.25, 0.3) is 0 Å². The molecule has 1 rings (SSSR count). The first kappa shape index (κ1) is 7.49. The van der Waals surface area contributed by atoms with Gasteiger partial charge in [0.1, 0.15) is 6.04 Å². The first-order valence-corrected chi connectivity index (χ1v) is 4.63. The van der Waals surface area contributed by atoms with Gasteiger partial charge in [-0.15, -0.1) is 0 Å². The molecule has 0 aromatic heterocycles. The van der Waals surface area contributed by atoms with Gasteiger partial charge in [-0.05, 0) is 0 Å². The number of β-lactam (4-membered cyclic amide) rings is 1. The monoisotopic (exact) mass is 164 g/mol. The fourth-order valence-electron chi connectivity index (χ4n) is 0.741. The van der Waals surface area contributed by atoms with Crippen molar-refractivity contribution < 1.29 is 13.2 Å². The number of rotatable bonds is 1. The molecular weight excluding hydrogens is 156 g/mol. The first-order chi connectivity index (χ1) is 4.43. The smallest absolute Gasteiger partial charge is 0.241 e. The molecule has 1 fully saturated rings. The molecule has 1 heterocycles. The van der Waals surface area contributed by atoms with Gasteiger partial charge in [-0.1, -0.05) is 0 Å². The summed E-state index contributed by atoms with van der Waals surface area (Å²) in [5.74, 6) is -0.407. The topological polar surface area (TPSA) is 89.3 Å². The maximum absolute atomic E-state index is 10.7. The number of carbonyl (C=O) groups excluding carboxylic acids is 1. The Hall–Kier alpha value is -0.620. The molecule has 0 unspecified atom stereocenters. The maximum atomic E-state index is 10.7. The molecule has 0 saturated carbocycles. The van der Waals surface area contributed by atoms with Crippen LogP contribution in [0.15, 0.2) is 0 Å². The number of nitrogens with two attached hydrogens (primary N) is 1. The minimum atomic E-state index is -3.21. The summed E-state index contributed by atoms with van der Waals surface area (Å²) in [5, 5.41) is 1.31. The number of sulfone groups is 1. The lowest BCUT2D eigenvalue weighted by Crippen LogP contribution is -2.69. The standard InChI is InChI=1S/C4H8N2O3S/c1-10(8,9)4-2(5)3(7)6-4/h2,4H,5H2,1H3,(H,6,7)/t2-,4-/m1/s1. The summed E-state index contributed by atoms with van der Waals surface area (Å²) >= 11 is 0. The molecule has 6 heteroatoms. The van der Waals surface area contributed by atoms with Crippen LogP contribution in [-0.2, 0) is 14.6 Å². The van der Waals surface area contributed by atoms with Gasteiger partial charge >= 0.3 is 0 Å².